The molecule has 2 aromatic carbocycles. The average Bonchev–Trinajstić information content (AvgIpc) is 3.36. The minimum Gasteiger partial charge on any atom is -0.326 e. The predicted molar refractivity (Wildman–Crippen MR) is 128 cm³/mol. The fourth-order valence-electron chi connectivity index (χ4n) is 3.59. The molecule has 1 saturated heterocycles. The van der Waals surface area contributed by atoms with E-state index < -0.39 is 26.0 Å². The van der Waals surface area contributed by atoms with Gasteiger partial charge in [0.2, 0.25) is 5.91 Å². The molecule has 1 atom stereocenters. The number of amides is 1. The van der Waals surface area contributed by atoms with E-state index in [1.165, 1.54) is 28.6 Å². The lowest BCUT2D eigenvalue weighted by Gasteiger charge is -2.30. The van der Waals surface area contributed by atoms with Crippen LogP contribution in [0.4, 0.5) is 11.4 Å². The number of nitrogens with one attached hydrogen (secondary N) is 2. The van der Waals surface area contributed by atoms with Gasteiger partial charge in [-0.1, -0.05) is 24.3 Å². The van der Waals surface area contributed by atoms with Crippen LogP contribution < -0.4 is 10.0 Å². The topological polar surface area (TPSA) is 113 Å². The van der Waals surface area contributed by atoms with Crippen molar-refractivity contribution < 1.29 is 21.6 Å². The highest BCUT2D eigenvalue weighted by molar-refractivity contribution is 7.92. The Balaban J connectivity index is 1.40. The van der Waals surface area contributed by atoms with Gasteiger partial charge in [-0.15, -0.1) is 11.3 Å². The van der Waals surface area contributed by atoms with E-state index in [4.69, 9.17) is 0 Å². The van der Waals surface area contributed by atoms with Gasteiger partial charge in [-0.2, -0.15) is 4.31 Å². The highest BCUT2D eigenvalue weighted by atomic mass is 32.2. The number of carbonyl (C=O) groups is 1. The number of para-hydroxylation sites is 1. The SMILES string of the molecule is O=C(Nc1ccc(S(=O)(=O)Nc2ccccc2)cc1)[C@H]1CCCN(S(=O)(=O)c2cccs2)C1. The Morgan fingerprint density at radius 2 is 1.64 bits per heavy atom. The van der Waals surface area contributed by atoms with E-state index in [2.05, 4.69) is 10.0 Å². The lowest BCUT2D eigenvalue weighted by Crippen LogP contribution is -2.43. The Bertz CT molecular complexity index is 1310. The van der Waals surface area contributed by atoms with Crippen LogP contribution in [-0.4, -0.2) is 40.1 Å². The molecule has 3 aromatic rings. The van der Waals surface area contributed by atoms with E-state index in [-0.39, 0.29) is 21.6 Å². The molecule has 4 rings (SSSR count). The maximum absolute atomic E-state index is 12.8. The van der Waals surface area contributed by atoms with Gasteiger partial charge in [-0.25, -0.2) is 16.8 Å². The Kier molecular flexibility index (Phi) is 6.84. The normalized spacial score (nSPS) is 17.4. The summed E-state index contributed by atoms with van der Waals surface area (Å²) in [4.78, 5) is 12.9. The molecule has 0 aliphatic carbocycles. The van der Waals surface area contributed by atoms with Crippen LogP contribution in [0.15, 0.2) is 81.2 Å². The van der Waals surface area contributed by atoms with Crippen molar-refractivity contribution in [1.82, 2.24) is 4.31 Å². The van der Waals surface area contributed by atoms with Gasteiger partial charge in [0, 0.05) is 24.5 Å². The fraction of sp³-hybridized carbons (Fsp3) is 0.227. The third-order valence-corrected chi connectivity index (χ3v) is 9.94. The zero-order valence-corrected chi connectivity index (χ0v) is 20.0. The van der Waals surface area contributed by atoms with Gasteiger partial charge in [0.15, 0.2) is 0 Å². The van der Waals surface area contributed by atoms with E-state index in [0.29, 0.717) is 30.8 Å². The standard InChI is InChI=1S/C22H23N3O5S3/c26-22(17-6-4-14-25(16-17)33(29,30)21-9-5-15-31-21)23-18-10-12-20(13-11-18)32(27,28)24-19-7-2-1-3-8-19/h1-3,5,7-13,15,17,24H,4,6,14,16H2,(H,23,26)/t17-/m0/s1. The Hall–Kier alpha value is -2.73. The molecule has 0 spiro atoms. The molecule has 2 N–H and O–H groups in total. The molecule has 0 unspecified atom stereocenters. The second-order valence-electron chi connectivity index (χ2n) is 7.62. The minimum absolute atomic E-state index is 0.0650. The Labute approximate surface area is 197 Å². The molecule has 0 saturated carbocycles. The molecular formula is C22H23N3O5S3. The maximum Gasteiger partial charge on any atom is 0.261 e. The number of carbonyl (C=O) groups excluding carboxylic acids is 1. The lowest BCUT2D eigenvalue weighted by atomic mass is 9.99. The van der Waals surface area contributed by atoms with Crippen LogP contribution >= 0.6 is 11.3 Å². The van der Waals surface area contributed by atoms with Crippen molar-refractivity contribution in [2.45, 2.75) is 21.9 Å². The van der Waals surface area contributed by atoms with Crippen LogP contribution in [-0.2, 0) is 24.8 Å². The lowest BCUT2D eigenvalue weighted by molar-refractivity contribution is -0.120. The highest BCUT2D eigenvalue weighted by Crippen LogP contribution is 2.27. The summed E-state index contributed by atoms with van der Waals surface area (Å²) >= 11 is 1.15. The van der Waals surface area contributed by atoms with Crippen molar-refractivity contribution in [2.75, 3.05) is 23.1 Å². The molecule has 1 aliphatic rings. The number of anilines is 2. The monoisotopic (exact) mass is 505 g/mol. The number of thiophene rings is 1. The number of piperidine rings is 1. The number of benzene rings is 2. The largest absolute Gasteiger partial charge is 0.326 e. The van der Waals surface area contributed by atoms with Crippen molar-refractivity contribution in [3.63, 3.8) is 0 Å². The number of hydrogen-bond donors (Lipinski definition) is 2. The van der Waals surface area contributed by atoms with E-state index in [1.54, 1.807) is 47.8 Å². The van der Waals surface area contributed by atoms with Crippen LogP contribution in [0.5, 0.6) is 0 Å². The van der Waals surface area contributed by atoms with E-state index in [9.17, 15) is 21.6 Å². The minimum atomic E-state index is -3.76. The average molecular weight is 506 g/mol. The van der Waals surface area contributed by atoms with Gasteiger partial charge >= 0.3 is 0 Å². The van der Waals surface area contributed by atoms with Crippen molar-refractivity contribution in [3.8, 4) is 0 Å². The molecule has 1 aliphatic heterocycles. The first kappa shape index (κ1) is 23.4. The maximum atomic E-state index is 12.8. The second-order valence-corrected chi connectivity index (χ2v) is 12.4. The number of sulfonamides is 2. The molecule has 33 heavy (non-hydrogen) atoms. The summed E-state index contributed by atoms with van der Waals surface area (Å²) in [5, 5.41) is 4.48. The van der Waals surface area contributed by atoms with Crippen LogP contribution in [0, 0.1) is 5.92 Å². The Morgan fingerprint density at radius 3 is 2.30 bits per heavy atom. The smallest absolute Gasteiger partial charge is 0.261 e. The van der Waals surface area contributed by atoms with Crippen LogP contribution in [0.1, 0.15) is 12.8 Å². The molecule has 0 bridgehead atoms. The molecule has 174 valence electrons. The van der Waals surface area contributed by atoms with Crippen molar-refractivity contribution >= 4 is 48.7 Å². The summed E-state index contributed by atoms with van der Waals surface area (Å²) in [5.41, 5.74) is 0.895. The van der Waals surface area contributed by atoms with Crippen LogP contribution in [0.2, 0.25) is 0 Å². The zero-order valence-electron chi connectivity index (χ0n) is 17.5. The molecule has 2 heterocycles. The zero-order chi connectivity index (χ0) is 23.5. The van der Waals surface area contributed by atoms with Gasteiger partial charge in [0.1, 0.15) is 4.21 Å². The quantitative estimate of drug-likeness (QED) is 0.510. The molecule has 1 aromatic heterocycles. The Morgan fingerprint density at radius 1 is 0.909 bits per heavy atom. The highest BCUT2D eigenvalue weighted by Gasteiger charge is 2.33. The molecule has 1 amide bonds. The van der Waals surface area contributed by atoms with Crippen LogP contribution in [0.25, 0.3) is 0 Å². The fourth-order valence-corrected chi connectivity index (χ4v) is 7.32. The second kappa shape index (κ2) is 9.64. The van der Waals surface area contributed by atoms with E-state index in [1.807, 2.05) is 0 Å². The van der Waals surface area contributed by atoms with Crippen molar-refractivity contribution in [3.05, 3.63) is 72.1 Å². The molecule has 1 fully saturated rings. The number of nitrogens with zero attached hydrogens (tertiary/aromatic N) is 1. The molecule has 0 radical (unpaired) electrons. The first-order valence-electron chi connectivity index (χ1n) is 10.3. The van der Waals surface area contributed by atoms with Crippen molar-refractivity contribution in [2.24, 2.45) is 5.92 Å². The van der Waals surface area contributed by atoms with Gasteiger partial charge in [0.25, 0.3) is 20.0 Å². The van der Waals surface area contributed by atoms with E-state index >= 15 is 0 Å². The van der Waals surface area contributed by atoms with Gasteiger partial charge < -0.3 is 5.32 Å². The first-order chi connectivity index (χ1) is 15.8. The molecule has 11 heteroatoms. The third-order valence-electron chi connectivity index (χ3n) is 5.30. The summed E-state index contributed by atoms with van der Waals surface area (Å²) in [5.74, 6) is -0.782. The van der Waals surface area contributed by atoms with Crippen LogP contribution in [0.3, 0.4) is 0 Å². The predicted octanol–water partition coefficient (Wildman–Crippen LogP) is 3.59. The summed E-state index contributed by atoms with van der Waals surface area (Å²) in [6, 6.07) is 17.7. The van der Waals surface area contributed by atoms with Gasteiger partial charge in [-0.3, -0.25) is 9.52 Å². The first-order valence-corrected chi connectivity index (χ1v) is 14.1. The number of hydrogen-bond acceptors (Lipinski definition) is 6. The third kappa shape index (κ3) is 5.44. The van der Waals surface area contributed by atoms with Crippen molar-refractivity contribution in [1.29, 1.82) is 0 Å². The van der Waals surface area contributed by atoms with Gasteiger partial charge in [-0.05, 0) is 60.7 Å². The van der Waals surface area contributed by atoms with Gasteiger partial charge in [0.05, 0.1) is 10.8 Å². The van der Waals surface area contributed by atoms with E-state index in [0.717, 1.165) is 11.3 Å². The molecule has 8 nitrogen and oxygen atoms in total. The summed E-state index contributed by atoms with van der Waals surface area (Å²) in [7, 11) is -7.37. The summed E-state index contributed by atoms with van der Waals surface area (Å²) in [6.45, 7) is 0.491. The molecular weight excluding hydrogens is 482 g/mol. The number of rotatable bonds is 7. The summed E-state index contributed by atoms with van der Waals surface area (Å²) < 4.78 is 54.8. The summed E-state index contributed by atoms with van der Waals surface area (Å²) in [6.07, 6.45) is 1.17.